The molecule has 42 heavy (non-hydrogen) atoms. The summed E-state index contributed by atoms with van der Waals surface area (Å²) >= 11 is 0. The Balaban J connectivity index is 1.99. The van der Waals surface area contributed by atoms with Crippen molar-refractivity contribution in [3.8, 4) is 0 Å². The van der Waals surface area contributed by atoms with E-state index in [2.05, 4.69) is 113 Å². The van der Waals surface area contributed by atoms with E-state index in [0.717, 1.165) is 35.8 Å². The molecular weight excluding hydrogens is 549 g/mol. The highest BCUT2D eigenvalue weighted by Crippen LogP contribution is 2.59. The zero-order valence-electron chi connectivity index (χ0n) is 29.2. The zero-order valence-corrected chi connectivity index (χ0v) is 31.2. The minimum Gasteiger partial charge on any atom is -0.410 e. The molecule has 0 N–H and O–H groups in total. The number of fused-ring (bicyclic) bond motifs is 1. The van der Waals surface area contributed by atoms with Crippen LogP contribution in [0.25, 0.3) is 0 Å². The molecule has 3 aliphatic rings. The lowest BCUT2D eigenvalue weighted by Crippen LogP contribution is -2.50. The Morgan fingerprint density at radius 2 is 1.43 bits per heavy atom. The first-order valence-corrected chi connectivity index (χ1v) is 22.2. The van der Waals surface area contributed by atoms with Gasteiger partial charge in [0.05, 0.1) is 12.2 Å². The van der Waals surface area contributed by atoms with Gasteiger partial charge in [0.1, 0.15) is 6.29 Å². The summed E-state index contributed by atoms with van der Waals surface area (Å²) in [6.45, 7) is 37.3. The van der Waals surface area contributed by atoms with Gasteiger partial charge in [-0.1, -0.05) is 92.3 Å². The van der Waals surface area contributed by atoms with Gasteiger partial charge in [0, 0.05) is 6.42 Å². The molecule has 236 valence electrons. The van der Waals surface area contributed by atoms with Crippen LogP contribution in [0.3, 0.4) is 0 Å². The summed E-state index contributed by atoms with van der Waals surface area (Å²) in [5.41, 5.74) is 5.10. The van der Waals surface area contributed by atoms with E-state index in [-0.39, 0.29) is 27.7 Å². The molecule has 0 saturated heterocycles. The van der Waals surface area contributed by atoms with Crippen LogP contribution in [0.5, 0.6) is 0 Å². The van der Waals surface area contributed by atoms with E-state index in [1.807, 2.05) is 0 Å². The monoisotopic (exact) mass is 610 g/mol. The SMILES string of the molecule is C=C1C(=C/C=C2\CCC[C@]3(C)[C@@H]([C@@H](C)/C=C/C=O)CC[C@@H]23)C(=C)[C@@H](O[Si](C)(C)C(C)(C)C)C[C@@H]1O[Si](C)(C)C(C)(C)C. The maximum Gasteiger partial charge on any atom is 0.192 e. The molecule has 3 nitrogen and oxygen atoms in total. The summed E-state index contributed by atoms with van der Waals surface area (Å²) in [5, 5.41) is 0.236. The highest BCUT2D eigenvalue weighted by Gasteiger charge is 2.50. The maximum absolute atomic E-state index is 11.0. The lowest BCUT2D eigenvalue weighted by molar-refractivity contribution is -0.104. The highest BCUT2D eigenvalue weighted by atomic mass is 28.4. The number of allylic oxidation sites excluding steroid dienone is 5. The first-order chi connectivity index (χ1) is 19.2. The van der Waals surface area contributed by atoms with E-state index in [0.29, 0.717) is 17.8 Å². The minimum atomic E-state index is -2.03. The van der Waals surface area contributed by atoms with Gasteiger partial charge < -0.3 is 8.85 Å². The normalized spacial score (nSPS) is 31.5. The molecule has 3 fully saturated rings. The summed E-state index contributed by atoms with van der Waals surface area (Å²) in [4.78, 5) is 11.0. The first kappa shape index (κ1) is 35.2. The molecule has 0 radical (unpaired) electrons. The average molecular weight is 611 g/mol. The van der Waals surface area contributed by atoms with E-state index in [1.165, 1.54) is 25.7 Å². The van der Waals surface area contributed by atoms with Crippen LogP contribution >= 0.6 is 0 Å². The molecule has 0 amide bonds. The highest BCUT2D eigenvalue weighted by molar-refractivity contribution is 6.74. The van der Waals surface area contributed by atoms with Gasteiger partial charge in [-0.15, -0.1) is 0 Å². The van der Waals surface area contributed by atoms with E-state index >= 15 is 0 Å². The Morgan fingerprint density at radius 3 is 1.90 bits per heavy atom. The van der Waals surface area contributed by atoms with Crippen LogP contribution in [-0.2, 0) is 13.6 Å². The lowest BCUT2D eigenvalue weighted by Gasteiger charge is -2.46. The molecule has 0 aromatic heterocycles. The summed E-state index contributed by atoms with van der Waals surface area (Å²) < 4.78 is 14.1. The smallest absolute Gasteiger partial charge is 0.192 e. The van der Waals surface area contributed by atoms with Crippen molar-refractivity contribution >= 4 is 22.9 Å². The molecule has 0 aliphatic heterocycles. The quantitative estimate of drug-likeness (QED) is 0.156. The fourth-order valence-electron chi connectivity index (χ4n) is 7.24. The van der Waals surface area contributed by atoms with E-state index in [9.17, 15) is 4.79 Å². The number of hydrogen-bond donors (Lipinski definition) is 0. The van der Waals surface area contributed by atoms with Gasteiger partial charge in [0.15, 0.2) is 16.6 Å². The molecule has 0 aromatic carbocycles. The number of aldehydes is 1. The molecule has 3 aliphatic carbocycles. The van der Waals surface area contributed by atoms with Crippen LogP contribution in [0.1, 0.15) is 93.9 Å². The van der Waals surface area contributed by atoms with Crippen molar-refractivity contribution in [2.45, 2.75) is 142 Å². The van der Waals surface area contributed by atoms with Crippen molar-refractivity contribution in [1.82, 2.24) is 0 Å². The van der Waals surface area contributed by atoms with E-state index in [1.54, 1.807) is 11.6 Å². The molecule has 3 saturated carbocycles. The van der Waals surface area contributed by atoms with Gasteiger partial charge >= 0.3 is 0 Å². The summed E-state index contributed by atoms with van der Waals surface area (Å²) in [6.07, 6.45) is 16.2. The van der Waals surface area contributed by atoms with Gasteiger partial charge in [-0.3, -0.25) is 4.79 Å². The van der Waals surface area contributed by atoms with Gasteiger partial charge in [0.2, 0.25) is 0 Å². The van der Waals surface area contributed by atoms with Crippen LogP contribution in [0.2, 0.25) is 36.3 Å². The standard InChI is InChI=1S/C37H62O3Si2/c1-26(17-16-24-38)31-21-22-32-29(18-15-23-37(31,32)10)19-20-30-27(2)33(39-41(11,12)35(4,5)6)25-34(28(30)3)40-42(13,14)36(7,8)9/h16-17,19-20,24,26,31-34H,2-3,15,18,21-23,25H2,1,4-14H3/b17-16+,29-19+/t26-,31+,32-,33-,34-,37+/m0/s1. The fourth-order valence-corrected chi connectivity index (χ4v) is 9.84. The summed E-state index contributed by atoms with van der Waals surface area (Å²) in [6, 6.07) is 0. The molecular formula is C37H62O3Si2. The van der Waals surface area contributed by atoms with Crippen molar-refractivity contribution in [1.29, 1.82) is 0 Å². The van der Waals surface area contributed by atoms with E-state index in [4.69, 9.17) is 8.85 Å². The third kappa shape index (κ3) is 7.16. The first-order valence-electron chi connectivity index (χ1n) is 16.4. The third-order valence-electron chi connectivity index (χ3n) is 12.0. The Kier molecular flexibility index (Phi) is 10.6. The third-order valence-corrected chi connectivity index (χ3v) is 21.0. The lowest BCUT2D eigenvalue weighted by atomic mass is 9.61. The molecule has 0 heterocycles. The second-order valence-corrected chi connectivity index (χ2v) is 26.3. The van der Waals surface area contributed by atoms with Crippen molar-refractivity contribution in [3.63, 3.8) is 0 Å². The molecule has 0 spiro atoms. The molecule has 0 bridgehead atoms. The average Bonchev–Trinajstić information content (AvgIpc) is 3.21. The second kappa shape index (κ2) is 12.6. The second-order valence-electron chi connectivity index (χ2n) is 16.8. The van der Waals surface area contributed by atoms with Gasteiger partial charge in [-0.05, 0) is 114 Å². The minimum absolute atomic E-state index is 0.0613. The Morgan fingerprint density at radius 1 is 0.905 bits per heavy atom. The Bertz CT molecular complexity index is 1080. The van der Waals surface area contributed by atoms with Gasteiger partial charge in [-0.25, -0.2) is 0 Å². The van der Waals surface area contributed by atoms with E-state index < -0.39 is 16.6 Å². The number of carbonyl (C=O) groups is 1. The summed E-state index contributed by atoms with van der Waals surface area (Å²) in [7, 11) is -4.05. The predicted molar refractivity (Wildman–Crippen MR) is 186 cm³/mol. The largest absolute Gasteiger partial charge is 0.410 e. The van der Waals surface area contributed by atoms with Crippen molar-refractivity contribution in [2.24, 2.45) is 23.2 Å². The van der Waals surface area contributed by atoms with Crippen LogP contribution < -0.4 is 0 Å². The van der Waals surface area contributed by atoms with Gasteiger partial charge in [0.25, 0.3) is 0 Å². The molecule has 6 atom stereocenters. The Hall–Kier alpha value is -1.28. The predicted octanol–water partition coefficient (Wildman–Crippen LogP) is 10.7. The van der Waals surface area contributed by atoms with Crippen LogP contribution in [-0.4, -0.2) is 35.1 Å². The van der Waals surface area contributed by atoms with Crippen molar-refractivity contribution in [2.75, 3.05) is 0 Å². The summed E-state index contributed by atoms with van der Waals surface area (Å²) in [5.74, 6) is 1.62. The molecule has 5 heteroatoms. The number of rotatable bonds is 8. The molecule has 0 aromatic rings. The van der Waals surface area contributed by atoms with Crippen molar-refractivity contribution in [3.05, 3.63) is 59.8 Å². The maximum atomic E-state index is 11.0. The van der Waals surface area contributed by atoms with Crippen molar-refractivity contribution < 1.29 is 13.6 Å². The Labute approximate surface area is 261 Å². The van der Waals surface area contributed by atoms with Crippen LogP contribution in [0, 0.1) is 23.2 Å². The molecule has 0 unspecified atom stereocenters. The topological polar surface area (TPSA) is 35.5 Å². The number of carbonyl (C=O) groups excluding carboxylic acids is 1. The zero-order chi connectivity index (χ0) is 31.9. The molecule has 3 rings (SSSR count). The van der Waals surface area contributed by atoms with Crippen LogP contribution in [0.15, 0.2) is 59.8 Å². The van der Waals surface area contributed by atoms with Gasteiger partial charge in [-0.2, -0.15) is 0 Å². The number of hydrogen-bond acceptors (Lipinski definition) is 3. The fraction of sp³-hybridized carbons (Fsp3) is 0.703. The van der Waals surface area contributed by atoms with Crippen LogP contribution in [0.4, 0.5) is 0 Å².